The Bertz CT molecular complexity index is 1340. The summed E-state index contributed by atoms with van der Waals surface area (Å²) in [6.45, 7) is 2.04. The number of rotatable bonds is 7. The van der Waals surface area contributed by atoms with E-state index in [4.69, 9.17) is 14.2 Å². The van der Waals surface area contributed by atoms with Crippen LogP contribution >= 0.6 is 0 Å². The highest BCUT2D eigenvalue weighted by molar-refractivity contribution is 6.07. The van der Waals surface area contributed by atoms with Crippen LogP contribution < -0.4 is 14.8 Å². The van der Waals surface area contributed by atoms with Gasteiger partial charge in [-0.2, -0.15) is 0 Å². The van der Waals surface area contributed by atoms with Crippen LogP contribution in [-0.2, 0) is 4.74 Å². The van der Waals surface area contributed by atoms with Crippen molar-refractivity contribution in [2.75, 3.05) is 26.1 Å². The van der Waals surface area contributed by atoms with Gasteiger partial charge in [-0.3, -0.25) is 14.9 Å². The number of esters is 1. The van der Waals surface area contributed by atoms with Crippen molar-refractivity contribution in [3.63, 3.8) is 0 Å². The van der Waals surface area contributed by atoms with Gasteiger partial charge in [0, 0.05) is 22.9 Å². The predicted octanol–water partition coefficient (Wildman–Crippen LogP) is 4.44. The molecule has 0 fully saturated rings. The first kappa shape index (κ1) is 24.8. The fourth-order valence-corrected chi connectivity index (χ4v) is 3.17. The van der Waals surface area contributed by atoms with E-state index in [2.05, 4.69) is 17.2 Å². The Morgan fingerprint density at radius 2 is 1.66 bits per heavy atom. The molecule has 0 saturated carbocycles. The average Bonchev–Trinajstić information content (AvgIpc) is 2.87. The molecule has 0 atom stereocenters. The number of amides is 1. The lowest BCUT2D eigenvalue weighted by atomic mass is 10.1. The van der Waals surface area contributed by atoms with Gasteiger partial charge in [-0.25, -0.2) is 4.79 Å². The van der Waals surface area contributed by atoms with Gasteiger partial charge in [0.25, 0.3) is 11.6 Å². The third kappa shape index (κ3) is 6.15. The van der Waals surface area contributed by atoms with E-state index in [1.807, 2.05) is 0 Å². The normalized spacial score (nSPS) is 9.91. The van der Waals surface area contributed by atoms with E-state index < -0.39 is 22.5 Å². The number of hydrogen-bond donors (Lipinski definition) is 1. The zero-order chi connectivity index (χ0) is 25.4. The number of benzene rings is 3. The monoisotopic (exact) mass is 474 g/mol. The van der Waals surface area contributed by atoms with Crippen molar-refractivity contribution >= 4 is 23.3 Å². The molecule has 3 rings (SSSR count). The van der Waals surface area contributed by atoms with Gasteiger partial charge in [-0.05, 0) is 43.3 Å². The van der Waals surface area contributed by atoms with Gasteiger partial charge < -0.3 is 19.5 Å². The van der Waals surface area contributed by atoms with Crippen LogP contribution in [0.4, 0.5) is 11.4 Å². The maximum absolute atomic E-state index is 12.9. The fraction of sp³-hybridized carbons (Fsp3) is 0.154. The Hall–Kier alpha value is -4.84. The van der Waals surface area contributed by atoms with Crippen LogP contribution in [0.2, 0.25) is 0 Å². The highest BCUT2D eigenvalue weighted by Crippen LogP contribution is 2.35. The van der Waals surface area contributed by atoms with Gasteiger partial charge in [0.05, 0.1) is 37.4 Å². The number of nitro benzene ring substituents is 1. The SMILES string of the molecule is CCOc1cc(C(=O)Nc2cccc(C#Cc3cccc(C(=O)OC)c3)c2)c([N+](=O)[O-])cc1OC. The maximum Gasteiger partial charge on any atom is 0.337 e. The molecule has 9 nitrogen and oxygen atoms in total. The number of carbonyl (C=O) groups excluding carboxylic acids is 2. The molecule has 0 heterocycles. The van der Waals surface area contributed by atoms with E-state index >= 15 is 0 Å². The van der Waals surface area contributed by atoms with Crippen molar-refractivity contribution < 1.29 is 28.7 Å². The molecule has 0 aliphatic rings. The first-order valence-electron chi connectivity index (χ1n) is 10.5. The summed E-state index contributed by atoms with van der Waals surface area (Å²) in [5, 5.41) is 14.2. The summed E-state index contributed by atoms with van der Waals surface area (Å²) in [5.74, 6) is 5.17. The van der Waals surface area contributed by atoms with E-state index in [1.54, 1.807) is 55.5 Å². The Morgan fingerprint density at radius 3 is 2.29 bits per heavy atom. The zero-order valence-corrected chi connectivity index (χ0v) is 19.3. The fourth-order valence-electron chi connectivity index (χ4n) is 3.17. The number of ether oxygens (including phenoxy) is 3. The number of carbonyl (C=O) groups is 2. The van der Waals surface area contributed by atoms with Crippen molar-refractivity contribution in [1.82, 2.24) is 0 Å². The molecule has 3 aromatic rings. The first-order chi connectivity index (χ1) is 16.9. The summed E-state index contributed by atoms with van der Waals surface area (Å²) < 4.78 is 15.3. The van der Waals surface area contributed by atoms with Gasteiger partial charge in [-0.1, -0.05) is 24.0 Å². The van der Waals surface area contributed by atoms with Gasteiger partial charge >= 0.3 is 5.97 Å². The molecule has 0 bridgehead atoms. The number of methoxy groups -OCH3 is 2. The molecule has 0 aliphatic heterocycles. The smallest absolute Gasteiger partial charge is 0.337 e. The van der Waals surface area contributed by atoms with E-state index in [1.165, 1.54) is 20.3 Å². The quantitative estimate of drug-likeness (QED) is 0.233. The number of hydrogen-bond acceptors (Lipinski definition) is 7. The minimum absolute atomic E-state index is 0.156. The maximum atomic E-state index is 12.9. The predicted molar refractivity (Wildman–Crippen MR) is 129 cm³/mol. The summed E-state index contributed by atoms with van der Waals surface area (Å²) in [4.78, 5) is 35.5. The molecule has 1 amide bonds. The van der Waals surface area contributed by atoms with Crippen LogP contribution in [0.25, 0.3) is 0 Å². The third-order valence-corrected chi connectivity index (χ3v) is 4.78. The molecule has 9 heteroatoms. The Labute approximate surface area is 201 Å². The number of anilines is 1. The van der Waals surface area contributed by atoms with E-state index in [0.717, 1.165) is 6.07 Å². The second kappa shape index (κ2) is 11.3. The van der Waals surface area contributed by atoms with Gasteiger partial charge in [0.15, 0.2) is 11.5 Å². The van der Waals surface area contributed by atoms with Crippen molar-refractivity contribution in [3.05, 3.63) is 93.0 Å². The summed E-state index contributed by atoms with van der Waals surface area (Å²) in [6.07, 6.45) is 0. The summed E-state index contributed by atoms with van der Waals surface area (Å²) in [7, 11) is 2.66. The molecular weight excluding hydrogens is 452 g/mol. The van der Waals surface area contributed by atoms with E-state index in [0.29, 0.717) is 29.0 Å². The van der Waals surface area contributed by atoms with Crippen LogP contribution in [0, 0.1) is 22.0 Å². The zero-order valence-electron chi connectivity index (χ0n) is 19.3. The highest BCUT2D eigenvalue weighted by atomic mass is 16.6. The molecular formula is C26H22N2O7. The lowest BCUT2D eigenvalue weighted by Gasteiger charge is -2.12. The topological polar surface area (TPSA) is 117 Å². The molecule has 0 aliphatic carbocycles. The van der Waals surface area contributed by atoms with Crippen molar-refractivity contribution in [2.45, 2.75) is 6.92 Å². The third-order valence-electron chi connectivity index (χ3n) is 4.78. The first-order valence-corrected chi connectivity index (χ1v) is 10.5. The van der Waals surface area contributed by atoms with Crippen LogP contribution in [0.1, 0.15) is 38.8 Å². The number of nitro groups is 1. The van der Waals surface area contributed by atoms with Crippen molar-refractivity contribution in [1.29, 1.82) is 0 Å². The summed E-state index contributed by atoms with van der Waals surface area (Å²) in [5.41, 5.74) is 1.39. The van der Waals surface area contributed by atoms with E-state index in [-0.39, 0.29) is 17.1 Å². The van der Waals surface area contributed by atoms with Crippen LogP contribution in [0.5, 0.6) is 11.5 Å². The van der Waals surface area contributed by atoms with Crippen LogP contribution in [-0.4, -0.2) is 37.6 Å². The van der Waals surface area contributed by atoms with Gasteiger partial charge in [0.2, 0.25) is 0 Å². The minimum Gasteiger partial charge on any atom is -0.493 e. The number of nitrogens with zero attached hydrogens (tertiary/aromatic N) is 1. The Kier molecular flexibility index (Phi) is 8.03. The molecule has 1 N–H and O–H groups in total. The second-order valence-electron chi connectivity index (χ2n) is 7.07. The van der Waals surface area contributed by atoms with Crippen molar-refractivity contribution in [2.24, 2.45) is 0 Å². The molecule has 0 spiro atoms. The molecule has 0 radical (unpaired) electrons. The minimum atomic E-state index is -0.684. The Balaban J connectivity index is 1.87. The molecule has 0 saturated heterocycles. The second-order valence-corrected chi connectivity index (χ2v) is 7.07. The molecule has 35 heavy (non-hydrogen) atoms. The molecule has 0 aromatic heterocycles. The summed E-state index contributed by atoms with van der Waals surface area (Å²) in [6, 6.07) is 15.8. The van der Waals surface area contributed by atoms with Crippen molar-refractivity contribution in [3.8, 4) is 23.3 Å². The van der Waals surface area contributed by atoms with E-state index in [9.17, 15) is 19.7 Å². The van der Waals surface area contributed by atoms with Gasteiger partial charge in [-0.15, -0.1) is 0 Å². The average molecular weight is 474 g/mol. The lowest BCUT2D eigenvalue weighted by Crippen LogP contribution is -2.14. The standard InChI is InChI=1S/C26H22N2O7/c1-4-35-24-15-21(22(28(31)32)16-23(24)33-2)25(29)27-20-10-6-8-18(14-20)12-11-17-7-5-9-19(13-17)26(30)34-3/h5-10,13-16H,4H2,1-3H3,(H,27,29). The van der Waals surface area contributed by atoms with Crippen LogP contribution in [0.3, 0.4) is 0 Å². The number of nitrogens with one attached hydrogen (secondary N) is 1. The highest BCUT2D eigenvalue weighted by Gasteiger charge is 2.25. The lowest BCUT2D eigenvalue weighted by molar-refractivity contribution is -0.385. The molecule has 178 valence electrons. The largest absolute Gasteiger partial charge is 0.493 e. The molecule has 3 aromatic carbocycles. The van der Waals surface area contributed by atoms with Crippen LogP contribution in [0.15, 0.2) is 60.7 Å². The Morgan fingerprint density at radius 1 is 0.971 bits per heavy atom. The molecule has 0 unspecified atom stereocenters. The summed E-state index contributed by atoms with van der Waals surface area (Å²) >= 11 is 0. The van der Waals surface area contributed by atoms with Gasteiger partial charge in [0.1, 0.15) is 5.56 Å².